The van der Waals surface area contributed by atoms with Gasteiger partial charge in [0.1, 0.15) is 0 Å². The maximum absolute atomic E-state index is 12.3. The highest BCUT2D eigenvalue weighted by Gasteiger charge is 2.15. The summed E-state index contributed by atoms with van der Waals surface area (Å²) >= 11 is 0. The fraction of sp³-hybridized carbons (Fsp3) is 0.318. The quantitative estimate of drug-likeness (QED) is 0.590. The van der Waals surface area contributed by atoms with E-state index >= 15 is 0 Å². The molecule has 7 nitrogen and oxygen atoms in total. The average Bonchev–Trinajstić information content (AvgIpc) is 3.22. The number of ether oxygens (including phenoxy) is 2. The van der Waals surface area contributed by atoms with E-state index in [2.05, 4.69) is 15.5 Å². The topological polar surface area (TPSA) is 86.5 Å². The summed E-state index contributed by atoms with van der Waals surface area (Å²) in [4.78, 5) is 12.3. The summed E-state index contributed by atoms with van der Waals surface area (Å²) in [6, 6.07) is 15.0. The zero-order valence-corrected chi connectivity index (χ0v) is 16.8. The number of rotatable bonds is 9. The predicted molar refractivity (Wildman–Crippen MR) is 109 cm³/mol. The first-order valence-corrected chi connectivity index (χ1v) is 9.58. The summed E-state index contributed by atoms with van der Waals surface area (Å²) < 4.78 is 16.5. The van der Waals surface area contributed by atoms with Gasteiger partial charge in [0.2, 0.25) is 17.7 Å². The van der Waals surface area contributed by atoms with Crippen molar-refractivity contribution in [3.63, 3.8) is 0 Å². The van der Waals surface area contributed by atoms with Crippen LogP contribution in [0.1, 0.15) is 37.8 Å². The number of benzene rings is 2. The Balaban J connectivity index is 1.55. The molecule has 0 saturated carbocycles. The highest BCUT2D eigenvalue weighted by molar-refractivity contribution is 5.76. The van der Waals surface area contributed by atoms with Crippen LogP contribution in [0.5, 0.6) is 11.5 Å². The molecule has 1 amide bonds. The maximum Gasteiger partial charge on any atom is 0.247 e. The molecule has 0 fully saturated rings. The molecule has 0 saturated heterocycles. The van der Waals surface area contributed by atoms with Crippen molar-refractivity contribution >= 4 is 5.91 Å². The number of hydrogen-bond acceptors (Lipinski definition) is 6. The Morgan fingerprint density at radius 1 is 1.14 bits per heavy atom. The minimum Gasteiger partial charge on any atom is -0.493 e. The molecule has 1 heterocycles. The van der Waals surface area contributed by atoms with E-state index in [0.29, 0.717) is 36.3 Å². The summed E-state index contributed by atoms with van der Waals surface area (Å²) in [6.45, 7) is 4.40. The van der Waals surface area contributed by atoms with Crippen LogP contribution in [0.2, 0.25) is 0 Å². The lowest BCUT2D eigenvalue weighted by Gasteiger charge is -2.17. The van der Waals surface area contributed by atoms with Crippen LogP contribution in [0.15, 0.2) is 52.9 Å². The largest absolute Gasteiger partial charge is 0.493 e. The third-order valence-corrected chi connectivity index (χ3v) is 4.42. The number of hydrogen-bond donors (Lipinski definition) is 1. The van der Waals surface area contributed by atoms with Crippen molar-refractivity contribution in [2.24, 2.45) is 0 Å². The Labute approximate surface area is 170 Å². The Kier molecular flexibility index (Phi) is 6.84. The van der Waals surface area contributed by atoms with Gasteiger partial charge in [0.25, 0.3) is 0 Å². The standard InChI is InChI=1S/C22H25N3O4/c1-4-28-18-11-10-17(14-19(18)27-3)15(2)23-20(26)12-13-21-24-25-22(29-21)16-8-6-5-7-9-16/h5-11,14-15H,4,12-13H2,1-3H3,(H,23,26). The molecule has 0 spiro atoms. The van der Waals surface area contributed by atoms with Crippen molar-refractivity contribution in [2.45, 2.75) is 32.7 Å². The van der Waals surface area contributed by atoms with E-state index in [0.717, 1.165) is 11.1 Å². The Morgan fingerprint density at radius 3 is 2.66 bits per heavy atom. The number of methoxy groups -OCH3 is 1. The fourth-order valence-electron chi connectivity index (χ4n) is 2.90. The predicted octanol–water partition coefficient (Wildman–Crippen LogP) is 3.95. The van der Waals surface area contributed by atoms with Crippen molar-refractivity contribution in [3.8, 4) is 23.0 Å². The van der Waals surface area contributed by atoms with Gasteiger partial charge in [0.05, 0.1) is 19.8 Å². The average molecular weight is 395 g/mol. The van der Waals surface area contributed by atoms with Crippen LogP contribution in [0, 0.1) is 0 Å². The number of aryl methyl sites for hydroxylation is 1. The van der Waals surface area contributed by atoms with Crippen LogP contribution in [0.3, 0.4) is 0 Å². The Hall–Kier alpha value is -3.35. The number of nitrogens with zero attached hydrogens (tertiary/aromatic N) is 2. The molecule has 29 heavy (non-hydrogen) atoms. The first kappa shape index (κ1) is 20.4. The number of carbonyl (C=O) groups excluding carboxylic acids is 1. The monoisotopic (exact) mass is 395 g/mol. The van der Waals surface area contributed by atoms with E-state index in [1.54, 1.807) is 7.11 Å². The van der Waals surface area contributed by atoms with Crippen LogP contribution >= 0.6 is 0 Å². The Bertz CT molecular complexity index is 940. The molecule has 1 N–H and O–H groups in total. The van der Waals surface area contributed by atoms with Crippen molar-refractivity contribution in [3.05, 3.63) is 60.0 Å². The van der Waals surface area contributed by atoms with Gasteiger partial charge in [-0.2, -0.15) is 0 Å². The summed E-state index contributed by atoms with van der Waals surface area (Å²) in [5, 5.41) is 11.0. The smallest absolute Gasteiger partial charge is 0.247 e. The highest BCUT2D eigenvalue weighted by Crippen LogP contribution is 2.30. The summed E-state index contributed by atoms with van der Waals surface area (Å²) in [5.74, 6) is 2.13. The van der Waals surface area contributed by atoms with Gasteiger partial charge < -0.3 is 19.2 Å². The van der Waals surface area contributed by atoms with Gasteiger partial charge in [0, 0.05) is 18.4 Å². The second-order valence-corrected chi connectivity index (χ2v) is 6.50. The molecular formula is C22H25N3O4. The lowest BCUT2D eigenvalue weighted by atomic mass is 10.1. The second-order valence-electron chi connectivity index (χ2n) is 6.50. The molecular weight excluding hydrogens is 370 g/mol. The second kappa shape index (κ2) is 9.73. The van der Waals surface area contributed by atoms with Crippen LogP contribution < -0.4 is 14.8 Å². The van der Waals surface area contributed by atoms with Gasteiger partial charge in [-0.15, -0.1) is 10.2 Å². The molecule has 0 bridgehead atoms. The van der Waals surface area contributed by atoms with E-state index in [1.165, 1.54) is 0 Å². The molecule has 3 aromatic rings. The van der Waals surface area contributed by atoms with Gasteiger partial charge in [0.15, 0.2) is 11.5 Å². The number of amides is 1. The normalized spacial score (nSPS) is 11.7. The number of nitrogens with one attached hydrogen (secondary N) is 1. The van der Waals surface area contributed by atoms with E-state index in [1.807, 2.05) is 62.4 Å². The molecule has 0 aliphatic rings. The minimum absolute atomic E-state index is 0.0928. The summed E-state index contributed by atoms with van der Waals surface area (Å²) in [5.41, 5.74) is 1.79. The summed E-state index contributed by atoms with van der Waals surface area (Å²) in [6.07, 6.45) is 0.639. The van der Waals surface area contributed by atoms with Crippen LogP contribution in [0.25, 0.3) is 11.5 Å². The van der Waals surface area contributed by atoms with Gasteiger partial charge in [-0.05, 0) is 43.7 Å². The molecule has 1 aromatic heterocycles. The zero-order chi connectivity index (χ0) is 20.6. The molecule has 3 rings (SSSR count). The zero-order valence-electron chi connectivity index (χ0n) is 16.8. The number of carbonyl (C=O) groups is 1. The van der Waals surface area contributed by atoms with Crippen molar-refractivity contribution in [1.29, 1.82) is 0 Å². The van der Waals surface area contributed by atoms with E-state index in [4.69, 9.17) is 13.9 Å². The molecule has 152 valence electrons. The van der Waals surface area contributed by atoms with E-state index in [-0.39, 0.29) is 18.4 Å². The molecule has 2 aromatic carbocycles. The van der Waals surface area contributed by atoms with Crippen LogP contribution in [0.4, 0.5) is 0 Å². The summed E-state index contributed by atoms with van der Waals surface area (Å²) in [7, 11) is 1.60. The molecule has 0 aliphatic heterocycles. The lowest BCUT2D eigenvalue weighted by molar-refractivity contribution is -0.121. The van der Waals surface area contributed by atoms with Crippen LogP contribution in [-0.4, -0.2) is 29.8 Å². The van der Waals surface area contributed by atoms with E-state index < -0.39 is 0 Å². The first-order valence-electron chi connectivity index (χ1n) is 9.58. The van der Waals surface area contributed by atoms with E-state index in [9.17, 15) is 4.79 Å². The SMILES string of the molecule is CCOc1ccc(C(C)NC(=O)CCc2nnc(-c3ccccc3)o2)cc1OC. The molecule has 7 heteroatoms. The lowest BCUT2D eigenvalue weighted by Crippen LogP contribution is -2.26. The third-order valence-electron chi connectivity index (χ3n) is 4.42. The van der Waals surface area contributed by atoms with Crippen molar-refractivity contribution in [2.75, 3.05) is 13.7 Å². The highest BCUT2D eigenvalue weighted by atomic mass is 16.5. The molecule has 1 atom stereocenters. The molecule has 0 radical (unpaired) electrons. The fourth-order valence-corrected chi connectivity index (χ4v) is 2.90. The molecule has 1 unspecified atom stereocenters. The van der Waals surface area contributed by atoms with Gasteiger partial charge in [-0.1, -0.05) is 24.3 Å². The third kappa shape index (κ3) is 5.34. The number of aromatic nitrogens is 2. The van der Waals surface area contributed by atoms with Gasteiger partial charge >= 0.3 is 0 Å². The van der Waals surface area contributed by atoms with Gasteiger partial charge in [-0.25, -0.2) is 0 Å². The van der Waals surface area contributed by atoms with Crippen LogP contribution in [-0.2, 0) is 11.2 Å². The Morgan fingerprint density at radius 2 is 1.93 bits per heavy atom. The first-order chi connectivity index (χ1) is 14.1. The molecule has 0 aliphatic carbocycles. The van der Waals surface area contributed by atoms with Crippen molar-refractivity contribution in [1.82, 2.24) is 15.5 Å². The maximum atomic E-state index is 12.3. The van der Waals surface area contributed by atoms with Crippen molar-refractivity contribution < 1.29 is 18.7 Å². The van der Waals surface area contributed by atoms with Gasteiger partial charge in [-0.3, -0.25) is 4.79 Å². The minimum atomic E-state index is -0.172.